The van der Waals surface area contributed by atoms with E-state index >= 15 is 0 Å². The van der Waals surface area contributed by atoms with Crippen LogP contribution in [0.2, 0.25) is 0 Å². The molecule has 0 bridgehead atoms. The van der Waals surface area contributed by atoms with Gasteiger partial charge in [0.15, 0.2) is 0 Å². The number of hydrogen-bond acceptors (Lipinski definition) is 3. The van der Waals surface area contributed by atoms with Gasteiger partial charge in [0.25, 0.3) is 0 Å². The number of ether oxygens (including phenoxy) is 1. The molecule has 0 aliphatic rings. The van der Waals surface area contributed by atoms with Gasteiger partial charge < -0.3 is 10.5 Å². The van der Waals surface area contributed by atoms with E-state index in [4.69, 9.17) is 10.5 Å². The van der Waals surface area contributed by atoms with E-state index in [1.165, 1.54) is 0 Å². The minimum absolute atomic E-state index is 0.319. The fraction of sp³-hybridized carbons (Fsp3) is 1.00. The molecule has 0 heterocycles. The third-order valence-corrected chi connectivity index (χ3v) is 2.56. The summed E-state index contributed by atoms with van der Waals surface area (Å²) in [6, 6.07) is 0.319. The predicted molar refractivity (Wildman–Crippen MR) is 52.1 cm³/mol. The molecule has 0 saturated carbocycles. The lowest BCUT2D eigenvalue weighted by Crippen LogP contribution is -2.19. The zero-order valence-corrected chi connectivity index (χ0v) is 8.49. The first-order valence-electron chi connectivity index (χ1n) is 4.03. The first-order chi connectivity index (χ1) is 5.16. The van der Waals surface area contributed by atoms with Crippen molar-refractivity contribution in [2.24, 2.45) is 5.73 Å². The van der Waals surface area contributed by atoms with Gasteiger partial charge in [-0.1, -0.05) is 6.92 Å². The second kappa shape index (κ2) is 6.95. The first-order valence-corrected chi connectivity index (χ1v) is 5.07. The van der Waals surface area contributed by atoms with Crippen LogP contribution in [0.25, 0.3) is 0 Å². The minimum atomic E-state index is 0.319. The van der Waals surface area contributed by atoms with Crippen LogP contribution >= 0.6 is 11.8 Å². The van der Waals surface area contributed by atoms with Crippen molar-refractivity contribution in [3.63, 3.8) is 0 Å². The molecular weight excluding hydrogens is 158 g/mol. The summed E-state index contributed by atoms with van der Waals surface area (Å²) < 4.78 is 4.95. The van der Waals surface area contributed by atoms with Crippen molar-refractivity contribution in [2.45, 2.75) is 31.6 Å². The SMILES string of the molecule is COCCSC(C)CC(C)N. The van der Waals surface area contributed by atoms with E-state index in [1.54, 1.807) is 7.11 Å². The summed E-state index contributed by atoms with van der Waals surface area (Å²) in [5, 5.41) is 0.658. The van der Waals surface area contributed by atoms with Crippen molar-refractivity contribution in [3.05, 3.63) is 0 Å². The molecule has 0 saturated heterocycles. The zero-order chi connectivity index (χ0) is 8.69. The topological polar surface area (TPSA) is 35.2 Å². The zero-order valence-electron chi connectivity index (χ0n) is 7.67. The van der Waals surface area contributed by atoms with Gasteiger partial charge in [0.2, 0.25) is 0 Å². The van der Waals surface area contributed by atoms with E-state index in [2.05, 4.69) is 6.92 Å². The fourth-order valence-electron chi connectivity index (χ4n) is 0.924. The molecule has 0 aromatic carbocycles. The molecule has 2 unspecified atom stereocenters. The second-order valence-corrected chi connectivity index (χ2v) is 4.43. The Bertz CT molecular complexity index is 88.2. The lowest BCUT2D eigenvalue weighted by atomic mass is 10.2. The molecule has 2 nitrogen and oxygen atoms in total. The minimum Gasteiger partial charge on any atom is -0.384 e. The van der Waals surface area contributed by atoms with Crippen LogP contribution < -0.4 is 5.73 Å². The van der Waals surface area contributed by atoms with Crippen LogP contribution in [0.15, 0.2) is 0 Å². The third-order valence-electron chi connectivity index (χ3n) is 1.39. The quantitative estimate of drug-likeness (QED) is 0.624. The van der Waals surface area contributed by atoms with Gasteiger partial charge in [-0.15, -0.1) is 0 Å². The maximum atomic E-state index is 5.65. The van der Waals surface area contributed by atoms with Crippen LogP contribution in [-0.2, 0) is 4.74 Å². The molecule has 0 spiro atoms. The molecule has 0 rings (SSSR count). The Morgan fingerprint density at radius 2 is 2.09 bits per heavy atom. The molecule has 0 aromatic rings. The highest BCUT2D eigenvalue weighted by molar-refractivity contribution is 7.99. The summed E-state index contributed by atoms with van der Waals surface area (Å²) in [5.41, 5.74) is 5.65. The van der Waals surface area contributed by atoms with Gasteiger partial charge in [-0.05, 0) is 13.3 Å². The van der Waals surface area contributed by atoms with E-state index in [0.29, 0.717) is 11.3 Å². The maximum Gasteiger partial charge on any atom is 0.0553 e. The molecule has 0 aromatic heterocycles. The number of methoxy groups -OCH3 is 1. The standard InChI is InChI=1S/C8H19NOS/c1-7(9)6-8(2)11-5-4-10-3/h7-8H,4-6,9H2,1-3H3. The molecule has 0 amide bonds. The van der Waals surface area contributed by atoms with Crippen LogP contribution in [0.3, 0.4) is 0 Å². The van der Waals surface area contributed by atoms with E-state index in [-0.39, 0.29) is 0 Å². The van der Waals surface area contributed by atoms with Gasteiger partial charge in [0.05, 0.1) is 6.61 Å². The van der Waals surface area contributed by atoms with Gasteiger partial charge in [-0.2, -0.15) is 11.8 Å². The normalized spacial score (nSPS) is 16.4. The van der Waals surface area contributed by atoms with Crippen molar-refractivity contribution in [3.8, 4) is 0 Å². The van der Waals surface area contributed by atoms with Gasteiger partial charge in [0, 0.05) is 24.2 Å². The molecule has 3 heteroatoms. The van der Waals surface area contributed by atoms with Crippen LogP contribution in [0.1, 0.15) is 20.3 Å². The van der Waals surface area contributed by atoms with E-state index < -0.39 is 0 Å². The maximum absolute atomic E-state index is 5.65. The van der Waals surface area contributed by atoms with Gasteiger partial charge >= 0.3 is 0 Å². The molecule has 0 radical (unpaired) electrons. The van der Waals surface area contributed by atoms with Crippen LogP contribution in [-0.4, -0.2) is 30.8 Å². The van der Waals surface area contributed by atoms with E-state index in [0.717, 1.165) is 18.8 Å². The fourth-order valence-corrected chi connectivity index (χ4v) is 2.03. The Morgan fingerprint density at radius 3 is 2.55 bits per heavy atom. The van der Waals surface area contributed by atoms with Crippen molar-refractivity contribution in [1.82, 2.24) is 0 Å². The molecule has 11 heavy (non-hydrogen) atoms. The number of thioether (sulfide) groups is 1. The smallest absolute Gasteiger partial charge is 0.0553 e. The average Bonchev–Trinajstić information content (AvgIpc) is 1.86. The summed E-state index contributed by atoms with van der Waals surface area (Å²) in [4.78, 5) is 0. The molecule has 0 aliphatic heterocycles. The van der Waals surface area contributed by atoms with Crippen molar-refractivity contribution in [2.75, 3.05) is 19.5 Å². The molecular formula is C8H19NOS. The lowest BCUT2D eigenvalue weighted by Gasteiger charge is -2.12. The second-order valence-electron chi connectivity index (χ2n) is 2.89. The number of nitrogens with two attached hydrogens (primary N) is 1. The summed E-state index contributed by atoms with van der Waals surface area (Å²) in [7, 11) is 1.73. The summed E-state index contributed by atoms with van der Waals surface area (Å²) in [5.74, 6) is 1.07. The van der Waals surface area contributed by atoms with Crippen molar-refractivity contribution in [1.29, 1.82) is 0 Å². The van der Waals surface area contributed by atoms with Gasteiger partial charge in [-0.25, -0.2) is 0 Å². The molecule has 0 aliphatic carbocycles. The monoisotopic (exact) mass is 177 g/mol. The Hall–Kier alpha value is 0.270. The van der Waals surface area contributed by atoms with Crippen LogP contribution in [0, 0.1) is 0 Å². The first kappa shape index (κ1) is 11.3. The van der Waals surface area contributed by atoms with Crippen molar-refractivity contribution < 1.29 is 4.74 Å². The third kappa shape index (κ3) is 8.17. The highest BCUT2D eigenvalue weighted by Gasteiger charge is 2.04. The molecule has 0 fully saturated rings. The Balaban J connectivity index is 3.15. The van der Waals surface area contributed by atoms with Crippen molar-refractivity contribution >= 4 is 11.8 Å². The Morgan fingerprint density at radius 1 is 1.45 bits per heavy atom. The number of hydrogen-bond donors (Lipinski definition) is 1. The van der Waals surface area contributed by atoms with Gasteiger partial charge in [-0.3, -0.25) is 0 Å². The average molecular weight is 177 g/mol. The van der Waals surface area contributed by atoms with Crippen LogP contribution in [0.5, 0.6) is 0 Å². The van der Waals surface area contributed by atoms with E-state index in [1.807, 2.05) is 18.7 Å². The summed E-state index contributed by atoms with van der Waals surface area (Å²) in [6.07, 6.45) is 1.09. The molecule has 2 atom stereocenters. The Kier molecular flexibility index (Phi) is 7.12. The van der Waals surface area contributed by atoms with E-state index in [9.17, 15) is 0 Å². The van der Waals surface area contributed by atoms with Gasteiger partial charge in [0.1, 0.15) is 0 Å². The lowest BCUT2D eigenvalue weighted by molar-refractivity contribution is 0.218. The molecule has 68 valence electrons. The largest absolute Gasteiger partial charge is 0.384 e. The highest BCUT2D eigenvalue weighted by Crippen LogP contribution is 2.14. The van der Waals surface area contributed by atoms with Crippen LogP contribution in [0.4, 0.5) is 0 Å². The summed E-state index contributed by atoms with van der Waals surface area (Å²) >= 11 is 1.92. The Labute approximate surface area is 73.9 Å². The molecule has 2 N–H and O–H groups in total. The highest BCUT2D eigenvalue weighted by atomic mass is 32.2. The number of rotatable bonds is 6. The predicted octanol–water partition coefficient (Wildman–Crippen LogP) is 1.49. The summed E-state index contributed by atoms with van der Waals surface area (Å²) in [6.45, 7) is 5.10.